The zero-order chi connectivity index (χ0) is 14.6. The van der Waals surface area contributed by atoms with Crippen LogP contribution in [-0.4, -0.2) is 37.0 Å². The quantitative estimate of drug-likeness (QED) is 0.482. The Labute approximate surface area is 118 Å². The molecule has 1 aromatic carbocycles. The zero-order valence-corrected chi connectivity index (χ0v) is 12.3. The van der Waals surface area contributed by atoms with Gasteiger partial charge in [-0.3, -0.25) is 10.1 Å². The van der Waals surface area contributed by atoms with Crippen LogP contribution < -0.4 is 0 Å². The van der Waals surface area contributed by atoms with Gasteiger partial charge in [0.25, 0.3) is 5.69 Å². The minimum atomic E-state index is -0.619. The van der Waals surface area contributed by atoms with E-state index in [4.69, 9.17) is 0 Å². The van der Waals surface area contributed by atoms with Crippen LogP contribution in [0.3, 0.4) is 0 Å². The molecule has 0 spiro atoms. The first-order valence-corrected chi connectivity index (χ1v) is 6.07. The molecule has 0 atom stereocenters. The van der Waals surface area contributed by atoms with Crippen LogP contribution in [0, 0.1) is 10.1 Å². The lowest BCUT2D eigenvalue weighted by atomic mass is 10.1. The van der Waals surface area contributed by atoms with Crippen LogP contribution in [0.5, 0.6) is 0 Å². The summed E-state index contributed by atoms with van der Waals surface area (Å²) in [5.41, 5.74) is 0.363. The van der Waals surface area contributed by atoms with E-state index in [1.165, 1.54) is 19.2 Å². The summed E-state index contributed by atoms with van der Waals surface area (Å²) in [5, 5.41) is 11.1. The molecule has 0 N–H and O–H groups in total. The summed E-state index contributed by atoms with van der Waals surface area (Å²) in [4.78, 5) is 23.7. The molecule has 0 aliphatic heterocycles. The van der Waals surface area contributed by atoms with Gasteiger partial charge in [0.2, 0.25) is 0 Å². The van der Waals surface area contributed by atoms with Gasteiger partial charge in [0.1, 0.15) is 0 Å². The second-order valence-electron chi connectivity index (χ2n) is 3.92. The van der Waals surface area contributed by atoms with Crippen molar-refractivity contribution in [2.45, 2.75) is 0 Å². The molecule has 0 aliphatic carbocycles. The maximum absolute atomic E-state index is 11.4. The lowest BCUT2D eigenvalue weighted by molar-refractivity contribution is -0.385. The second-order valence-corrected chi connectivity index (χ2v) is 4.77. The van der Waals surface area contributed by atoms with Crippen LogP contribution in [0.15, 0.2) is 22.8 Å². The van der Waals surface area contributed by atoms with Crippen molar-refractivity contribution < 1.29 is 14.5 Å². The molecule has 0 saturated heterocycles. The molecule has 0 unspecified atom stereocenters. The van der Waals surface area contributed by atoms with Gasteiger partial charge >= 0.3 is 5.97 Å². The molecule has 19 heavy (non-hydrogen) atoms. The first kappa shape index (κ1) is 15.2. The topological polar surface area (TPSA) is 72.7 Å². The SMILES string of the molecule is COC(=O)c1cc(Br)c(/C=C/N(C)C)c([N+](=O)[O-])c1. The summed E-state index contributed by atoms with van der Waals surface area (Å²) < 4.78 is 5.01. The van der Waals surface area contributed by atoms with Crippen molar-refractivity contribution in [2.75, 3.05) is 21.2 Å². The molecule has 0 amide bonds. The minimum absolute atomic E-state index is 0.128. The highest BCUT2D eigenvalue weighted by Gasteiger charge is 2.19. The standard InChI is InChI=1S/C12H13BrN2O4/c1-14(2)5-4-9-10(13)6-8(12(16)19-3)7-11(9)15(17)18/h4-7H,1-3H3/b5-4+. The lowest BCUT2D eigenvalue weighted by Gasteiger charge is -2.07. The second kappa shape index (κ2) is 6.33. The van der Waals surface area contributed by atoms with Gasteiger partial charge in [0.05, 0.1) is 23.2 Å². The molecular weight excluding hydrogens is 316 g/mol. The van der Waals surface area contributed by atoms with E-state index in [1.54, 1.807) is 31.3 Å². The summed E-state index contributed by atoms with van der Waals surface area (Å²) in [7, 11) is 4.83. The fourth-order valence-corrected chi connectivity index (χ4v) is 1.96. The van der Waals surface area contributed by atoms with Crippen LogP contribution in [0.1, 0.15) is 15.9 Å². The zero-order valence-electron chi connectivity index (χ0n) is 10.7. The number of esters is 1. The molecule has 1 aromatic rings. The third kappa shape index (κ3) is 3.78. The molecule has 0 fully saturated rings. The number of rotatable bonds is 4. The molecule has 0 saturated carbocycles. The fourth-order valence-electron chi connectivity index (χ4n) is 1.38. The molecular formula is C12H13BrN2O4. The highest BCUT2D eigenvalue weighted by Crippen LogP contribution is 2.30. The average molecular weight is 329 g/mol. The summed E-state index contributed by atoms with van der Waals surface area (Å²) in [6.45, 7) is 0. The number of hydrogen-bond acceptors (Lipinski definition) is 5. The molecule has 0 aromatic heterocycles. The van der Waals surface area contributed by atoms with Crippen molar-refractivity contribution >= 4 is 33.7 Å². The Morgan fingerprint density at radius 3 is 2.58 bits per heavy atom. The summed E-state index contributed by atoms with van der Waals surface area (Å²) in [5.74, 6) is -0.619. The number of halogens is 1. The van der Waals surface area contributed by atoms with E-state index in [0.717, 1.165) is 0 Å². The number of methoxy groups -OCH3 is 1. The Bertz CT molecular complexity index is 541. The first-order valence-electron chi connectivity index (χ1n) is 5.27. The number of nitro groups is 1. The van der Waals surface area contributed by atoms with Gasteiger partial charge in [0.15, 0.2) is 0 Å². The van der Waals surface area contributed by atoms with Crippen molar-refractivity contribution in [1.82, 2.24) is 4.90 Å². The predicted molar refractivity (Wildman–Crippen MR) is 74.9 cm³/mol. The average Bonchev–Trinajstić information content (AvgIpc) is 2.35. The number of carbonyl (C=O) groups is 1. The van der Waals surface area contributed by atoms with Crippen LogP contribution >= 0.6 is 15.9 Å². The van der Waals surface area contributed by atoms with Crippen molar-refractivity contribution in [2.24, 2.45) is 0 Å². The molecule has 0 bridgehead atoms. The van der Waals surface area contributed by atoms with Gasteiger partial charge < -0.3 is 9.64 Å². The van der Waals surface area contributed by atoms with Crippen LogP contribution in [-0.2, 0) is 4.74 Å². The lowest BCUT2D eigenvalue weighted by Crippen LogP contribution is -2.04. The van der Waals surface area contributed by atoms with Crippen molar-refractivity contribution in [3.05, 3.63) is 44.0 Å². The molecule has 0 aliphatic rings. The van der Waals surface area contributed by atoms with E-state index in [2.05, 4.69) is 20.7 Å². The molecule has 0 radical (unpaired) electrons. The van der Waals surface area contributed by atoms with E-state index in [1.807, 2.05) is 0 Å². The Morgan fingerprint density at radius 2 is 2.11 bits per heavy atom. The van der Waals surface area contributed by atoms with Crippen LogP contribution in [0.2, 0.25) is 0 Å². The smallest absolute Gasteiger partial charge is 0.338 e. The monoisotopic (exact) mass is 328 g/mol. The number of nitro benzene ring substituents is 1. The summed E-state index contributed by atoms with van der Waals surface area (Å²) >= 11 is 3.23. The Morgan fingerprint density at radius 1 is 1.47 bits per heavy atom. The third-order valence-electron chi connectivity index (χ3n) is 2.26. The van der Waals surface area contributed by atoms with Gasteiger partial charge in [-0.1, -0.05) is 0 Å². The fraction of sp³-hybridized carbons (Fsp3) is 0.250. The maximum atomic E-state index is 11.4. The third-order valence-corrected chi connectivity index (χ3v) is 2.92. The largest absolute Gasteiger partial charge is 0.465 e. The Kier molecular flexibility index (Phi) is 5.05. The normalized spacial score (nSPS) is 10.5. The number of benzene rings is 1. The predicted octanol–water partition coefficient (Wildman–Crippen LogP) is 2.68. The minimum Gasteiger partial charge on any atom is -0.465 e. The first-order chi connectivity index (χ1) is 8.86. The van der Waals surface area contributed by atoms with E-state index < -0.39 is 10.9 Å². The Hall–Kier alpha value is -1.89. The van der Waals surface area contributed by atoms with Gasteiger partial charge in [-0.2, -0.15) is 0 Å². The molecule has 1 rings (SSSR count). The van der Waals surface area contributed by atoms with E-state index in [-0.39, 0.29) is 11.3 Å². The molecule has 102 valence electrons. The van der Waals surface area contributed by atoms with Crippen molar-refractivity contribution in [3.8, 4) is 0 Å². The number of hydrogen-bond donors (Lipinski definition) is 0. The van der Waals surface area contributed by atoms with E-state index in [0.29, 0.717) is 10.0 Å². The Balaban J connectivity index is 3.39. The summed E-state index contributed by atoms with van der Waals surface area (Å²) in [6.07, 6.45) is 3.29. The number of nitrogens with zero attached hydrogens (tertiary/aromatic N) is 2. The summed E-state index contributed by atoms with van der Waals surface area (Å²) in [6, 6.07) is 2.69. The van der Waals surface area contributed by atoms with Crippen molar-refractivity contribution in [1.29, 1.82) is 0 Å². The molecule has 0 heterocycles. The van der Waals surface area contributed by atoms with Crippen LogP contribution in [0.4, 0.5) is 5.69 Å². The van der Waals surface area contributed by atoms with Gasteiger partial charge in [-0.15, -0.1) is 0 Å². The molecule has 7 heteroatoms. The van der Waals surface area contributed by atoms with Crippen molar-refractivity contribution in [3.63, 3.8) is 0 Å². The highest BCUT2D eigenvalue weighted by molar-refractivity contribution is 9.10. The number of carbonyl (C=O) groups excluding carboxylic acids is 1. The van der Waals surface area contributed by atoms with E-state index >= 15 is 0 Å². The highest BCUT2D eigenvalue weighted by atomic mass is 79.9. The molecule has 6 nitrogen and oxygen atoms in total. The number of ether oxygens (including phenoxy) is 1. The van der Waals surface area contributed by atoms with Crippen LogP contribution in [0.25, 0.3) is 6.08 Å². The van der Waals surface area contributed by atoms with Gasteiger partial charge in [-0.25, -0.2) is 4.79 Å². The van der Waals surface area contributed by atoms with Gasteiger partial charge in [0, 0.05) is 24.6 Å². The van der Waals surface area contributed by atoms with E-state index in [9.17, 15) is 14.9 Å². The maximum Gasteiger partial charge on any atom is 0.338 e. The van der Waals surface area contributed by atoms with Gasteiger partial charge in [-0.05, 0) is 34.3 Å².